The Morgan fingerprint density at radius 3 is 2.67 bits per heavy atom. The zero-order valence-corrected chi connectivity index (χ0v) is 8.26. The summed E-state index contributed by atoms with van der Waals surface area (Å²) in [4.78, 5) is 10.9. The van der Waals surface area contributed by atoms with Gasteiger partial charge < -0.3 is 11.1 Å². The third-order valence-electron chi connectivity index (χ3n) is 2.01. The number of carbonyl (C=O) groups excluding carboxylic acids is 1. The maximum atomic E-state index is 12.8. The highest BCUT2D eigenvalue weighted by atomic mass is 19.2. The molecule has 0 spiro atoms. The van der Waals surface area contributed by atoms with Crippen molar-refractivity contribution in [2.45, 2.75) is 13.0 Å². The lowest BCUT2D eigenvalue weighted by Gasteiger charge is -2.13. The van der Waals surface area contributed by atoms with Gasteiger partial charge in [0.1, 0.15) is 0 Å². The largest absolute Gasteiger partial charge is 0.348 e. The Morgan fingerprint density at radius 2 is 2.13 bits per heavy atom. The molecule has 1 atom stereocenters. The Morgan fingerprint density at radius 1 is 1.47 bits per heavy atom. The third kappa shape index (κ3) is 2.99. The number of halogens is 2. The molecule has 1 aromatic rings. The fraction of sp³-hybridized carbons (Fsp3) is 0.300. The van der Waals surface area contributed by atoms with Crippen LogP contribution in [0.3, 0.4) is 0 Å². The summed E-state index contributed by atoms with van der Waals surface area (Å²) in [6.45, 7) is 1.54. The number of nitrogens with one attached hydrogen (secondary N) is 1. The minimum Gasteiger partial charge on any atom is -0.348 e. The molecule has 1 unspecified atom stereocenters. The second kappa shape index (κ2) is 4.84. The highest BCUT2D eigenvalue weighted by Crippen LogP contribution is 2.15. The smallest absolute Gasteiger partial charge is 0.234 e. The molecule has 1 amide bonds. The molecule has 0 aliphatic rings. The zero-order chi connectivity index (χ0) is 11.4. The van der Waals surface area contributed by atoms with Crippen LogP contribution in [0.4, 0.5) is 8.78 Å². The van der Waals surface area contributed by atoms with Crippen LogP contribution in [0.15, 0.2) is 18.2 Å². The second-order valence-electron chi connectivity index (χ2n) is 3.17. The topological polar surface area (TPSA) is 55.1 Å². The number of carbonyl (C=O) groups is 1. The van der Waals surface area contributed by atoms with Gasteiger partial charge in [-0.05, 0) is 24.6 Å². The lowest BCUT2D eigenvalue weighted by Crippen LogP contribution is -2.32. The molecule has 0 radical (unpaired) electrons. The van der Waals surface area contributed by atoms with Crippen molar-refractivity contribution in [2.24, 2.45) is 5.73 Å². The Balaban J connectivity index is 2.78. The van der Waals surface area contributed by atoms with Crippen LogP contribution < -0.4 is 11.1 Å². The standard InChI is InChI=1S/C10H12F2N2O/c1-6(14-10(15)5-13)7-2-3-8(11)9(12)4-7/h2-4,6H,5,13H2,1H3,(H,14,15). The lowest BCUT2D eigenvalue weighted by molar-refractivity contribution is -0.120. The molecule has 1 rings (SSSR count). The monoisotopic (exact) mass is 214 g/mol. The van der Waals surface area contributed by atoms with Gasteiger partial charge in [0, 0.05) is 0 Å². The van der Waals surface area contributed by atoms with Gasteiger partial charge in [0.15, 0.2) is 11.6 Å². The second-order valence-corrected chi connectivity index (χ2v) is 3.17. The minimum absolute atomic E-state index is 0.131. The van der Waals surface area contributed by atoms with Gasteiger partial charge in [-0.15, -0.1) is 0 Å². The summed E-state index contributed by atoms with van der Waals surface area (Å²) in [5.41, 5.74) is 5.60. The molecule has 0 heterocycles. The van der Waals surface area contributed by atoms with Gasteiger partial charge in [-0.2, -0.15) is 0 Å². The summed E-state index contributed by atoms with van der Waals surface area (Å²) in [5.74, 6) is -2.18. The Bertz CT molecular complexity index is 368. The number of benzene rings is 1. The van der Waals surface area contributed by atoms with E-state index in [0.717, 1.165) is 12.1 Å². The molecule has 5 heteroatoms. The van der Waals surface area contributed by atoms with Crippen molar-refractivity contribution in [1.82, 2.24) is 5.32 Å². The first-order chi connectivity index (χ1) is 7.04. The summed E-state index contributed by atoms with van der Waals surface area (Å²) in [6, 6.07) is 3.10. The van der Waals surface area contributed by atoms with Crippen LogP contribution in [0.1, 0.15) is 18.5 Å². The van der Waals surface area contributed by atoms with E-state index >= 15 is 0 Å². The van der Waals surface area contributed by atoms with Gasteiger partial charge in [0.05, 0.1) is 12.6 Å². The molecule has 0 aromatic heterocycles. The molecule has 0 bridgehead atoms. The summed E-state index contributed by atoms with van der Waals surface area (Å²) in [7, 11) is 0. The Hall–Kier alpha value is -1.49. The van der Waals surface area contributed by atoms with Crippen molar-refractivity contribution in [3.05, 3.63) is 35.4 Å². The van der Waals surface area contributed by atoms with Crippen molar-refractivity contribution in [3.63, 3.8) is 0 Å². The van der Waals surface area contributed by atoms with Gasteiger partial charge in [-0.3, -0.25) is 4.79 Å². The molecule has 0 saturated carbocycles. The van der Waals surface area contributed by atoms with Crippen LogP contribution in [0, 0.1) is 11.6 Å². The molecule has 1 aromatic carbocycles. The van der Waals surface area contributed by atoms with Gasteiger partial charge in [-0.25, -0.2) is 8.78 Å². The summed E-state index contributed by atoms with van der Waals surface area (Å²) in [6.07, 6.45) is 0. The molecule has 0 saturated heterocycles. The quantitative estimate of drug-likeness (QED) is 0.791. The van der Waals surface area contributed by atoms with Crippen molar-refractivity contribution in [2.75, 3.05) is 6.54 Å². The minimum atomic E-state index is -0.929. The van der Waals surface area contributed by atoms with E-state index in [1.807, 2.05) is 0 Å². The first-order valence-corrected chi connectivity index (χ1v) is 4.49. The predicted octanol–water partition coefficient (Wildman–Crippen LogP) is 1.10. The molecule has 3 N–H and O–H groups in total. The van der Waals surface area contributed by atoms with Crippen molar-refractivity contribution in [3.8, 4) is 0 Å². The maximum Gasteiger partial charge on any atom is 0.234 e. The van der Waals surface area contributed by atoms with Crippen molar-refractivity contribution >= 4 is 5.91 Å². The fourth-order valence-electron chi connectivity index (χ4n) is 1.17. The molecule has 15 heavy (non-hydrogen) atoms. The molecule has 0 aliphatic heterocycles. The van der Waals surface area contributed by atoms with Crippen LogP contribution in [0.5, 0.6) is 0 Å². The summed E-state index contributed by atoms with van der Waals surface area (Å²) in [5, 5.41) is 2.54. The summed E-state index contributed by atoms with van der Waals surface area (Å²) < 4.78 is 25.5. The zero-order valence-electron chi connectivity index (χ0n) is 8.26. The first-order valence-electron chi connectivity index (χ1n) is 4.49. The van der Waals surface area contributed by atoms with E-state index < -0.39 is 17.7 Å². The van der Waals surface area contributed by atoms with Crippen LogP contribution in [-0.4, -0.2) is 12.5 Å². The van der Waals surface area contributed by atoms with E-state index in [0.29, 0.717) is 5.56 Å². The number of hydrogen-bond donors (Lipinski definition) is 2. The molecule has 3 nitrogen and oxygen atoms in total. The van der Waals surface area contributed by atoms with E-state index in [9.17, 15) is 13.6 Å². The third-order valence-corrected chi connectivity index (χ3v) is 2.01. The van der Waals surface area contributed by atoms with Crippen molar-refractivity contribution in [1.29, 1.82) is 0 Å². The lowest BCUT2D eigenvalue weighted by atomic mass is 10.1. The van der Waals surface area contributed by atoms with E-state index in [4.69, 9.17) is 5.73 Å². The highest BCUT2D eigenvalue weighted by molar-refractivity contribution is 5.78. The number of nitrogens with two attached hydrogens (primary N) is 1. The fourth-order valence-corrected chi connectivity index (χ4v) is 1.17. The van der Waals surface area contributed by atoms with Crippen LogP contribution in [-0.2, 0) is 4.79 Å². The number of amides is 1. The van der Waals surface area contributed by atoms with Gasteiger partial charge in [-0.1, -0.05) is 6.07 Å². The highest BCUT2D eigenvalue weighted by Gasteiger charge is 2.10. The van der Waals surface area contributed by atoms with Crippen LogP contribution in [0.25, 0.3) is 0 Å². The molecule has 82 valence electrons. The average molecular weight is 214 g/mol. The van der Waals surface area contributed by atoms with Crippen molar-refractivity contribution < 1.29 is 13.6 Å². The van der Waals surface area contributed by atoms with Gasteiger partial charge in [0.2, 0.25) is 5.91 Å². The molecule has 0 fully saturated rings. The SMILES string of the molecule is CC(NC(=O)CN)c1ccc(F)c(F)c1. The van der Waals surface area contributed by atoms with E-state index in [2.05, 4.69) is 5.32 Å². The van der Waals surface area contributed by atoms with E-state index in [1.165, 1.54) is 6.07 Å². The van der Waals surface area contributed by atoms with Crippen LogP contribution >= 0.6 is 0 Å². The molecule has 0 aliphatic carbocycles. The Kier molecular flexibility index (Phi) is 3.74. The molecular formula is C10H12F2N2O. The number of hydrogen-bond acceptors (Lipinski definition) is 2. The van der Waals surface area contributed by atoms with E-state index in [1.54, 1.807) is 6.92 Å². The Labute approximate surface area is 86.3 Å². The van der Waals surface area contributed by atoms with Crippen LogP contribution in [0.2, 0.25) is 0 Å². The summed E-state index contributed by atoms with van der Waals surface area (Å²) >= 11 is 0. The predicted molar refractivity (Wildman–Crippen MR) is 52.0 cm³/mol. The average Bonchev–Trinajstić information content (AvgIpc) is 2.21. The number of rotatable bonds is 3. The van der Waals surface area contributed by atoms with E-state index in [-0.39, 0.29) is 12.5 Å². The first kappa shape index (κ1) is 11.6. The molecular weight excluding hydrogens is 202 g/mol. The maximum absolute atomic E-state index is 12.8. The van der Waals surface area contributed by atoms with Gasteiger partial charge in [0.25, 0.3) is 0 Å². The van der Waals surface area contributed by atoms with Gasteiger partial charge >= 0.3 is 0 Å². The normalized spacial score (nSPS) is 12.3.